The number of alkyl carbamates (subject to hydrolysis) is 1. The van der Waals surface area contributed by atoms with Crippen LogP contribution in [-0.2, 0) is 4.74 Å². The Morgan fingerprint density at radius 3 is 2.48 bits per heavy atom. The Labute approximate surface area is 181 Å². The van der Waals surface area contributed by atoms with Crippen LogP contribution in [0.25, 0.3) is 28.1 Å². The first-order valence-electron chi connectivity index (χ1n) is 10.5. The van der Waals surface area contributed by atoms with Crippen LogP contribution < -0.4 is 5.32 Å². The van der Waals surface area contributed by atoms with Gasteiger partial charge < -0.3 is 15.0 Å². The molecule has 2 N–H and O–H groups in total. The lowest BCUT2D eigenvalue weighted by Crippen LogP contribution is -2.26. The van der Waals surface area contributed by atoms with E-state index in [4.69, 9.17) is 4.74 Å². The summed E-state index contributed by atoms with van der Waals surface area (Å²) in [7, 11) is 0. The molecule has 1 aliphatic carbocycles. The predicted molar refractivity (Wildman–Crippen MR) is 125 cm³/mol. The standard InChI is InChI=1S/C27H24N2O2/c1-18-12-13-20-19(16-29-26(20)15-18)7-6-14-28-27(30)31-17-25-23-10-4-2-8-21(23)22-9-3-5-11-24(22)25/h2-13,15-16,25,29H,14,17H2,1H3,(H,28,30). The quantitative estimate of drug-likeness (QED) is 0.424. The minimum atomic E-state index is -0.402. The van der Waals surface area contributed by atoms with Crippen LogP contribution in [0.3, 0.4) is 0 Å². The summed E-state index contributed by atoms with van der Waals surface area (Å²) in [4.78, 5) is 15.5. The number of carbonyl (C=O) groups excluding carboxylic acids is 1. The van der Waals surface area contributed by atoms with Gasteiger partial charge in [-0.05, 0) is 46.4 Å². The summed E-state index contributed by atoms with van der Waals surface area (Å²) < 4.78 is 5.57. The van der Waals surface area contributed by atoms with Gasteiger partial charge in [0.15, 0.2) is 0 Å². The summed E-state index contributed by atoms with van der Waals surface area (Å²) in [5, 5.41) is 3.99. The van der Waals surface area contributed by atoms with Gasteiger partial charge in [0.25, 0.3) is 0 Å². The molecule has 31 heavy (non-hydrogen) atoms. The predicted octanol–water partition coefficient (Wildman–Crippen LogP) is 6.03. The van der Waals surface area contributed by atoms with Crippen LogP contribution in [0.5, 0.6) is 0 Å². The summed E-state index contributed by atoms with van der Waals surface area (Å²) in [6.07, 6.45) is 5.52. The Morgan fingerprint density at radius 1 is 1.03 bits per heavy atom. The van der Waals surface area contributed by atoms with E-state index in [9.17, 15) is 4.79 Å². The largest absolute Gasteiger partial charge is 0.449 e. The number of fused-ring (bicyclic) bond motifs is 4. The van der Waals surface area contributed by atoms with E-state index in [2.05, 4.69) is 59.7 Å². The van der Waals surface area contributed by atoms with Crippen molar-refractivity contribution < 1.29 is 9.53 Å². The number of aryl methyl sites for hydroxylation is 1. The average Bonchev–Trinajstić information content (AvgIpc) is 3.34. The number of H-pyrrole nitrogens is 1. The Kier molecular flexibility index (Phi) is 5.04. The first-order chi connectivity index (χ1) is 15.2. The normalized spacial score (nSPS) is 12.8. The molecule has 1 amide bonds. The third-order valence-corrected chi connectivity index (χ3v) is 5.87. The Bertz CT molecular complexity index is 1240. The van der Waals surface area contributed by atoms with Gasteiger partial charge in [0.2, 0.25) is 0 Å². The van der Waals surface area contributed by atoms with Crippen LogP contribution in [0.15, 0.2) is 79.0 Å². The zero-order valence-electron chi connectivity index (χ0n) is 17.4. The summed E-state index contributed by atoms with van der Waals surface area (Å²) in [5.41, 5.74) is 8.32. The molecule has 3 aromatic carbocycles. The van der Waals surface area contributed by atoms with Gasteiger partial charge in [-0.3, -0.25) is 0 Å². The molecule has 0 atom stereocenters. The van der Waals surface area contributed by atoms with E-state index in [1.54, 1.807) is 0 Å². The third-order valence-electron chi connectivity index (χ3n) is 5.87. The van der Waals surface area contributed by atoms with Gasteiger partial charge >= 0.3 is 6.09 Å². The minimum absolute atomic E-state index is 0.0726. The van der Waals surface area contributed by atoms with E-state index in [1.165, 1.54) is 33.2 Å². The van der Waals surface area contributed by atoms with Crippen molar-refractivity contribution in [1.29, 1.82) is 0 Å². The number of nitrogens with one attached hydrogen (secondary N) is 2. The summed E-state index contributed by atoms with van der Waals surface area (Å²) in [6, 6.07) is 23.0. The number of hydrogen-bond acceptors (Lipinski definition) is 2. The summed E-state index contributed by atoms with van der Waals surface area (Å²) in [6.45, 7) is 2.81. The molecule has 154 valence electrons. The molecule has 0 radical (unpaired) electrons. The van der Waals surface area contributed by atoms with Crippen LogP contribution >= 0.6 is 0 Å². The highest BCUT2D eigenvalue weighted by Gasteiger charge is 2.28. The van der Waals surface area contributed by atoms with E-state index in [1.807, 2.05) is 42.6 Å². The highest BCUT2D eigenvalue weighted by molar-refractivity contribution is 5.89. The van der Waals surface area contributed by atoms with Crippen LogP contribution in [-0.4, -0.2) is 24.2 Å². The van der Waals surface area contributed by atoms with Gasteiger partial charge in [0, 0.05) is 29.6 Å². The Hall–Kier alpha value is -3.79. The zero-order valence-corrected chi connectivity index (χ0v) is 17.4. The lowest BCUT2D eigenvalue weighted by molar-refractivity contribution is 0.144. The highest BCUT2D eigenvalue weighted by atomic mass is 16.5. The SMILES string of the molecule is Cc1ccc2c(C=CCNC(=O)OCC3c4ccccc4-c4ccccc43)c[nH]c2c1. The van der Waals surface area contributed by atoms with Crippen LogP contribution in [0, 0.1) is 6.92 Å². The topological polar surface area (TPSA) is 54.1 Å². The molecule has 0 saturated carbocycles. The second-order valence-electron chi connectivity index (χ2n) is 7.90. The fourth-order valence-corrected chi connectivity index (χ4v) is 4.38. The second kappa shape index (κ2) is 8.15. The summed E-state index contributed by atoms with van der Waals surface area (Å²) in [5.74, 6) is 0.0726. The van der Waals surface area contributed by atoms with Crippen LogP contribution in [0.1, 0.15) is 28.2 Å². The third kappa shape index (κ3) is 3.73. The van der Waals surface area contributed by atoms with Gasteiger partial charge in [-0.2, -0.15) is 0 Å². The Morgan fingerprint density at radius 2 is 1.74 bits per heavy atom. The molecular formula is C27H24N2O2. The van der Waals surface area contributed by atoms with E-state index in [0.717, 1.165) is 11.1 Å². The van der Waals surface area contributed by atoms with Crippen LogP contribution in [0.2, 0.25) is 0 Å². The van der Waals surface area contributed by atoms with Gasteiger partial charge in [0.05, 0.1) is 0 Å². The maximum Gasteiger partial charge on any atom is 0.407 e. The first kappa shape index (κ1) is 19.2. The molecule has 0 unspecified atom stereocenters. The van der Waals surface area contributed by atoms with Crippen molar-refractivity contribution in [3.8, 4) is 11.1 Å². The van der Waals surface area contributed by atoms with Crippen molar-refractivity contribution in [3.63, 3.8) is 0 Å². The monoisotopic (exact) mass is 408 g/mol. The van der Waals surface area contributed by atoms with Gasteiger partial charge in [-0.1, -0.05) is 72.8 Å². The average molecular weight is 409 g/mol. The molecule has 1 aromatic heterocycles. The van der Waals surface area contributed by atoms with Gasteiger partial charge in [0.1, 0.15) is 6.61 Å². The number of rotatable bonds is 5. The molecule has 0 saturated heterocycles. The van der Waals surface area contributed by atoms with Crippen molar-refractivity contribution in [2.45, 2.75) is 12.8 Å². The molecular weight excluding hydrogens is 384 g/mol. The number of hydrogen-bond donors (Lipinski definition) is 2. The summed E-state index contributed by atoms with van der Waals surface area (Å²) >= 11 is 0. The number of ether oxygens (including phenoxy) is 1. The van der Waals surface area contributed by atoms with Crippen molar-refractivity contribution >= 4 is 23.1 Å². The number of carbonyl (C=O) groups is 1. The molecule has 0 fully saturated rings. The fraction of sp³-hybridized carbons (Fsp3) is 0.148. The van der Waals surface area contributed by atoms with E-state index in [0.29, 0.717) is 13.2 Å². The van der Waals surface area contributed by atoms with Crippen molar-refractivity contribution in [1.82, 2.24) is 10.3 Å². The van der Waals surface area contributed by atoms with Gasteiger partial charge in [-0.25, -0.2) is 4.79 Å². The molecule has 0 aliphatic heterocycles. The number of amides is 1. The molecule has 0 bridgehead atoms. The maximum absolute atomic E-state index is 12.3. The molecule has 4 aromatic rings. The van der Waals surface area contributed by atoms with E-state index >= 15 is 0 Å². The van der Waals surface area contributed by atoms with Crippen molar-refractivity contribution in [2.75, 3.05) is 13.2 Å². The minimum Gasteiger partial charge on any atom is -0.449 e. The van der Waals surface area contributed by atoms with Crippen molar-refractivity contribution in [2.24, 2.45) is 0 Å². The molecule has 4 nitrogen and oxygen atoms in total. The van der Waals surface area contributed by atoms with Gasteiger partial charge in [-0.15, -0.1) is 0 Å². The first-order valence-corrected chi connectivity index (χ1v) is 10.5. The van der Waals surface area contributed by atoms with Crippen LogP contribution in [0.4, 0.5) is 4.79 Å². The Balaban J connectivity index is 1.19. The molecule has 5 rings (SSSR count). The lowest BCUT2D eigenvalue weighted by Gasteiger charge is -2.14. The molecule has 0 spiro atoms. The maximum atomic E-state index is 12.3. The van der Waals surface area contributed by atoms with Crippen molar-refractivity contribution in [3.05, 3.63) is 101 Å². The fourth-order valence-electron chi connectivity index (χ4n) is 4.38. The lowest BCUT2D eigenvalue weighted by atomic mass is 9.98. The number of aromatic amines is 1. The molecule has 4 heteroatoms. The highest BCUT2D eigenvalue weighted by Crippen LogP contribution is 2.44. The molecule has 1 heterocycles. The second-order valence-corrected chi connectivity index (χ2v) is 7.90. The smallest absolute Gasteiger partial charge is 0.407 e. The molecule has 1 aliphatic rings. The zero-order chi connectivity index (χ0) is 21.2. The van der Waals surface area contributed by atoms with E-state index in [-0.39, 0.29) is 5.92 Å². The number of aromatic nitrogens is 1. The number of benzene rings is 3. The van der Waals surface area contributed by atoms with E-state index < -0.39 is 6.09 Å².